The number of fused-ring (bicyclic) bond motifs is 1. The Morgan fingerprint density at radius 3 is 2.65 bits per heavy atom. The van der Waals surface area contributed by atoms with Gasteiger partial charge in [0.1, 0.15) is 0 Å². The standard InChI is InChI=1S/C14H20N2O/c1-10(2)8-16-9-12(14(17)7-15)11-5-3-4-6-13(11)16/h3-6,9-10,14,17H,7-8,15H2,1-2H3/t14-/m1/s1. The third-order valence-corrected chi connectivity index (χ3v) is 2.96. The fourth-order valence-electron chi connectivity index (χ4n) is 2.21. The lowest BCUT2D eigenvalue weighted by molar-refractivity contribution is 0.188. The molecule has 0 saturated carbocycles. The van der Waals surface area contributed by atoms with Crippen molar-refractivity contribution in [1.82, 2.24) is 4.57 Å². The average molecular weight is 232 g/mol. The van der Waals surface area contributed by atoms with Crippen LogP contribution >= 0.6 is 0 Å². The van der Waals surface area contributed by atoms with Gasteiger partial charge in [0, 0.05) is 35.8 Å². The third kappa shape index (κ3) is 2.35. The fourth-order valence-corrected chi connectivity index (χ4v) is 2.21. The minimum atomic E-state index is -0.576. The number of hydrogen-bond acceptors (Lipinski definition) is 2. The highest BCUT2D eigenvalue weighted by molar-refractivity contribution is 5.84. The molecular weight excluding hydrogens is 212 g/mol. The van der Waals surface area contributed by atoms with E-state index in [1.54, 1.807) is 0 Å². The van der Waals surface area contributed by atoms with Gasteiger partial charge in [0.15, 0.2) is 0 Å². The van der Waals surface area contributed by atoms with Crippen molar-refractivity contribution in [2.75, 3.05) is 6.54 Å². The van der Waals surface area contributed by atoms with Gasteiger partial charge in [-0.2, -0.15) is 0 Å². The van der Waals surface area contributed by atoms with Crippen LogP contribution in [-0.2, 0) is 6.54 Å². The van der Waals surface area contributed by atoms with Gasteiger partial charge in [0.25, 0.3) is 0 Å². The maximum absolute atomic E-state index is 9.94. The van der Waals surface area contributed by atoms with Crippen molar-refractivity contribution >= 4 is 10.9 Å². The van der Waals surface area contributed by atoms with Crippen LogP contribution in [-0.4, -0.2) is 16.2 Å². The molecule has 1 atom stereocenters. The number of rotatable bonds is 4. The number of aliphatic hydroxyl groups is 1. The third-order valence-electron chi connectivity index (χ3n) is 2.96. The molecule has 0 radical (unpaired) electrons. The summed E-state index contributed by atoms with van der Waals surface area (Å²) in [5, 5.41) is 11.0. The van der Waals surface area contributed by atoms with E-state index in [1.807, 2.05) is 24.4 Å². The van der Waals surface area contributed by atoms with E-state index in [9.17, 15) is 5.11 Å². The lowest BCUT2D eigenvalue weighted by atomic mass is 10.1. The molecule has 0 aliphatic carbocycles. The molecule has 1 aromatic heterocycles. The maximum atomic E-state index is 9.94. The van der Waals surface area contributed by atoms with Crippen LogP contribution in [0.3, 0.4) is 0 Å². The molecule has 3 nitrogen and oxygen atoms in total. The van der Waals surface area contributed by atoms with Gasteiger partial charge < -0.3 is 15.4 Å². The lowest BCUT2D eigenvalue weighted by Gasteiger charge is -2.07. The molecule has 0 aliphatic heterocycles. The summed E-state index contributed by atoms with van der Waals surface area (Å²) in [7, 11) is 0. The summed E-state index contributed by atoms with van der Waals surface area (Å²) >= 11 is 0. The van der Waals surface area contributed by atoms with Crippen LogP contribution < -0.4 is 5.73 Å². The Morgan fingerprint density at radius 2 is 2.00 bits per heavy atom. The van der Waals surface area contributed by atoms with E-state index in [4.69, 9.17) is 5.73 Å². The molecule has 0 aliphatic rings. The van der Waals surface area contributed by atoms with Crippen molar-refractivity contribution in [1.29, 1.82) is 0 Å². The van der Waals surface area contributed by atoms with Crippen molar-refractivity contribution < 1.29 is 5.11 Å². The molecule has 0 unspecified atom stereocenters. The first kappa shape index (κ1) is 12.1. The van der Waals surface area contributed by atoms with E-state index in [0.29, 0.717) is 5.92 Å². The second kappa shape index (κ2) is 4.90. The zero-order valence-electron chi connectivity index (χ0n) is 10.4. The smallest absolute Gasteiger partial charge is 0.0932 e. The van der Waals surface area contributed by atoms with Crippen molar-refractivity contribution in [2.45, 2.75) is 26.5 Å². The van der Waals surface area contributed by atoms with Crippen LogP contribution in [0, 0.1) is 5.92 Å². The second-order valence-corrected chi connectivity index (χ2v) is 4.90. The Hall–Kier alpha value is -1.32. The van der Waals surface area contributed by atoms with Crippen LogP contribution in [0.15, 0.2) is 30.5 Å². The van der Waals surface area contributed by atoms with Gasteiger partial charge in [-0.3, -0.25) is 0 Å². The Balaban J connectivity index is 2.54. The molecule has 1 aromatic carbocycles. The molecule has 92 valence electrons. The summed E-state index contributed by atoms with van der Waals surface area (Å²) in [4.78, 5) is 0. The Bertz CT molecular complexity index is 502. The highest BCUT2D eigenvalue weighted by Gasteiger charge is 2.14. The maximum Gasteiger partial charge on any atom is 0.0932 e. The average Bonchev–Trinajstić information content (AvgIpc) is 2.67. The number of aliphatic hydroxyl groups excluding tert-OH is 1. The first-order valence-electron chi connectivity index (χ1n) is 6.09. The van der Waals surface area contributed by atoms with Crippen LogP contribution in [0.4, 0.5) is 0 Å². The summed E-state index contributed by atoms with van der Waals surface area (Å²) in [5.41, 5.74) is 7.65. The highest BCUT2D eigenvalue weighted by atomic mass is 16.3. The summed E-state index contributed by atoms with van der Waals surface area (Å²) in [6.45, 7) is 5.59. The van der Waals surface area contributed by atoms with Gasteiger partial charge in [-0.1, -0.05) is 32.0 Å². The SMILES string of the molecule is CC(C)Cn1cc([C@H](O)CN)c2ccccc21. The Labute approximate surface area is 102 Å². The van der Waals surface area contributed by atoms with E-state index in [0.717, 1.165) is 17.5 Å². The number of hydrogen-bond donors (Lipinski definition) is 2. The van der Waals surface area contributed by atoms with Crippen LogP contribution in [0.5, 0.6) is 0 Å². The largest absolute Gasteiger partial charge is 0.387 e. The van der Waals surface area contributed by atoms with E-state index in [1.165, 1.54) is 5.52 Å². The molecule has 0 fully saturated rings. The fraction of sp³-hybridized carbons (Fsp3) is 0.429. The molecule has 3 heteroatoms. The van der Waals surface area contributed by atoms with Crippen LogP contribution in [0.25, 0.3) is 10.9 Å². The summed E-state index contributed by atoms with van der Waals surface area (Å²) in [5.74, 6) is 0.577. The zero-order chi connectivity index (χ0) is 12.4. The van der Waals surface area contributed by atoms with E-state index in [2.05, 4.69) is 24.5 Å². The topological polar surface area (TPSA) is 51.2 Å². The molecular formula is C14H20N2O. The van der Waals surface area contributed by atoms with Gasteiger partial charge in [-0.25, -0.2) is 0 Å². The van der Waals surface area contributed by atoms with E-state index in [-0.39, 0.29) is 6.54 Å². The van der Waals surface area contributed by atoms with Gasteiger partial charge in [-0.05, 0) is 12.0 Å². The van der Waals surface area contributed by atoms with E-state index < -0.39 is 6.10 Å². The predicted octanol–water partition coefficient (Wildman–Crippen LogP) is 2.29. The summed E-state index contributed by atoms with van der Waals surface area (Å²) in [6, 6.07) is 8.15. The normalized spacial score (nSPS) is 13.5. The molecule has 3 N–H and O–H groups in total. The zero-order valence-corrected chi connectivity index (χ0v) is 10.4. The molecule has 0 saturated heterocycles. The van der Waals surface area contributed by atoms with Crippen molar-refractivity contribution in [3.05, 3.63) is 36.0 Å². The minimum Gasteiger partial charge on any atom is -0.387 e. The Kier molecular flexibility index (Phi) is 3.50. The molecule has 0 amide bonds. The van der Waals surface area contributed by atoms with Crippen molar-refractivity contribution in [2.24, 2.45) is 11.7 Å². The van der Waals surface area contributed by atoms with Crippen molar-refractivity contribution in [3.8, 4) is 0 Å². The summed E-state index contributed by atoms with van der Waals surface area (Å²) < 4.78 is 2.20. The molecule has 17 heavy (non-hydrogen) atoms. The van der Waals surface area contributed by atoms with Crippen molar-refractivity contribution in [3.63, 3.8) is 0 Å². The molecule has 2 rings (SSSR count). The predicted molar refractivity (Wildman–Crippen MR) is 70.8 cm³/mol. The quantitative estimate of drug-likeness (QED) is 0.849. The Morgan fingerprint density at radius 1 is 1.29 bits per heavy atom. The number of nitrogens with two attached hydrogens (primary N) is 1. The first-order valence-corrected chi connectivity index (χ1v) is 6.09. The minimum absolute atomic E-state index is 0.260. The van der Waals surface area contributed by atoms with Gasteiger partial charge >= 0.3 is 0 Å². The van der Waals surface area contributed by atoms with Crippen LogP contribution in [0.2, 0.25) is 0 Å². The monoisotopic (exact) mass is 232 g/mol. The molecule has 2 aromatic rings. The number of para-hydroxylation sites is 1. The van der Waals surface area contributed by atoms with Crippen LogP contribution in [0.1, 0.15) is 25.5 Å². The number of nitrogens with zero attached hydrogens (tertiary/aromatic N) is 1. The second-order valence-electron chi connectivity index (χ2n) is 4.90. The van der Waals surface area contributed by atoms with Gasteiger partial charge in [-0.15, -0.1) is 0 Å². The molecule has 0 bridgehead atoms. The van der Waals surface area contributed by atoms with Gasteiger partial charge in [0.2, 0.25) is 0 Å². The lowest BCUT2D eigenvalue weighted by Crippen LogP contribution is -2.11. The number of aromatic nitrogens is 1. The molecule has 1 heterocycles. The first-order chi connectivity index (χ1) is 8.13. The van der Waals surface area contributed by atoms with E-state index >= 15 is 0 Å². The highest BCUT2D eigenvalue weighted by Crippen LogP contribution is 2.26. The molecule has 0 spiro atoms. The van der Waals surface area contributed by atoms with Gasteiger partial charge in [0.05, 0.1) is 6.10 Å². The number of benzene rings is 1. The summed E-state index contributed by atoms with van der Waals surface area (Å²) in [6.07, 6.45) is 1.45.